The summed E-state index contributed by atoms with van der Waals surface area (Å²) in [5, 5.41) is 0. The molecule has 2 aromatic carbocycles. The van der Waals surface area contributed by atoms with Gasteiger partial charge >= 0.3 is 6.09 Å². The van der Waals surface area contributed by atoms with Crippen LogP contribution in [-0.2, 0) is 36.9 Å². The van der Waals surface area contributed by atoms with E-state index in [0.717, 1.165) is 11.1 Å². The number of amides is 1. The molecule has 31 heavy (non-hydrogen) atoms. The van der Waals surface area contributed by atoms with Gasteiger partial charge in [-0.15, -0.1) is 0 Å². The monoisotopic (exact) mass is 427 g/mol. The van der Waals surface area contributed by atoms with Crippen molar-refractivity contribution in [2.75, 3.05) is 27.4 Å². The Labute approximate surface area is 182 Å². The Morgan fingerprint density at radius 2 is 1.58 bits per heavy atom. The van der Waals surface area contributed by atoms with Gasteiger partial charge in [-0.05, 0) is 18.1 Å². The lowest BCUT2D eigenvalue weighted by Gasteiger charge is -2.37. The molecular formula is C24H29NO6. The minimum Gasteiger partial charge on any atom is -0.445 e. The Balaban J connectivity index is 1.54. The van der Waals surface area contributed by atoms with Crippen LogP contribution in [0.15, 0.2) is 60.7 Å². The van der Waals surface area contributed by atoms with Gasteiger partial charge in [0.1, 0.15) is 31.0 Å². The maximum Gasteiger partial charge on any atom is 0.410 e. The average molecular weight is 427 g/mol. The predicted octanol–water partition coefficient (Wildman–Crippen LogP) is 3.37. The first-order chi connectivity index (χ1) is 15.0. The fourth-order valence-corrected chi connectivity index (χ4v) is 4.53. The van der Waals surface area contributed by atoms with Gasteiger partial charge in [-0.1, -0.05) is 60.7 Å². The molecule has 7 nitrogen and oxygen atoms in total. The Morgan fingerprint density at radius 3 is 2.16 bits per heavy atom. The number of hydrogen-bond donors (Lipinski definition) is 0. The molecule has 0 unspecified atom stereocenters. The molecule has 4 rings (SSSR count). The molecule has 2 saturated heterocycles. The Morgan fingerprint density at radius 1 is 1.00 bits per heavy atom. The summed E-state index contributed by atoms with van der Waals surface area (Å²) in [5.74, 6) is -1.09. The number of benzene rings is 2. The van der Waals surface area contributed by atoms with Crippen LogP contribution in [0.2, 0.25) is 0 Å². The van der Waals surface area contributed by atoms with Crippen molar-refractivity contribution in [2.45, 2.75) is 43.7 Å². The van der Waals surface area contributed by atoms with Crippen molar-refractivity contribution in [3.63, 3.8) is 0 Å². The summed E-state index contributed by atoms with van der Waals surface area (Å²) in [6.45, 7) is 3.04. The number of methoxy groups -OCH3 is 2. The van der Waals surface area contributed by atoms with E-state index in [4.69, 9.17) is 23.7 Å². The number of likely N-dealkylation sites (tertiary alicyclic amines) is 1. The summed E-state index contributed by atoms with van der Waals surface area (Å²) in [5.41, 5.74) is 1.17. The van der Waals surface area contributed by atoms with E-state index >= 15 is 0 Å². The molecule has 0 N–H and O–H groups in total. The number of carbonyl (C=O) groups excluding carboxylic acids is 1. The quantitative estimate of drug-likeness (QED) is 0.632. The van der Waals surface area contributed by atoms with Crippen LogP contribution < -0.4 is 0 Å². The summed E-state index contributed by atoms with van der Waals surface area (Å²) < 4.78 is 29.5. The zero-order valence-electron chi connectivity index (χ0n) is 18.2. The molecule has 2 aromatic rings. The predicted molar refractivity (Wildman–Crippen MR) is 113 cm³/mol. The molecule has 2 heterocycles. The molecule has 2 aliphatic heterocycles. The highest BCUT2D eigenvalue weighted by atomic mass is 16.7. The normalized spacial score (nSPS) is 26.6. The largest absolute Gasteiger partial charge is 0.445 e. The van der Waals surface area contributed by atoms with E-state index in [9.17, 15) is 4.79 Å². The van der Waals surface area contributed by atoms with E-state index in [1.807, 2.05) is 67.6 Å². The molecule has 0 saturated carbocycles. The summed E-state index contributed by atoms with van der Waals surface area (Å²) in [6, 6.07) is 19.0. The second kappa shape index (κ2) is 8.96. The van der Waals surface area contributed by atoms with Crippen LogP contribution in [0.1, 0.15) is 18.1 Å². The number of ether oxygens (including phenoxy) is 5. The Bertz CT molecular complexity index is 872. The van der Waals surface area contributed by atoms with Crippen molar-refractivity contribution in [1.82, 2.24) is 4.90 Å². The van der Waals surface area contributed by atoms with Crippen LogP contribution in [0.3, 0.4) is 0 Å². The lowest BCUT2D eigenvalue weighted by atomic mass is 9.91. The van der Waals surface area contributed by atoms with Gasteiger partial charge in [0.05, 0.1) is 13.2 Å². The van der Waals surface area contributed by atoms with Gasteiger partial charge in [0, 0.05) is 14.2 Å². The number of hydrogen-bond acceptors (Lipinski definition) is 6. The molecule has 2 aliphatic rings. The van der Waals surface area contributed by atoms with Crippen molar-refractivity contribution < 1.29 is 28.5 Å². The maximum absolute atomic E-state index is 13.1. The molecule has 0 radical (unpaired) electrons. The zero-order chi connectivity index (χ0) is 21.9. The fraction of sp³-hybridized carbons (Fsp3) is 0.458. The second-order valence-electron chi connectivity index (χ2n) is 8.07. The smallest absolute Gasteiger partial charge is 0.410 e. The highest BCUT2D eigenvalue weighted by molar-refractivity contribution is 5.69. The van der Waals surface area contributed by atoms with Crippen molar-refractivity contribution in [3.05, 3.63) is 71.8 Å². The van der Waals surface area contributed by atoms with Crippen LogP contribution in [0.5, 0.6) is 0 Å². The highest BCUT2D eigenvalue weighted by Gasteiger charge is 2.69. The van der Waals surface area contributed by atoms with E-state index in [0.29, 0.717) is 13.2 Å². The third-order valence-electron chi connectivity index (χ3n) is 6.28. The van der Waals surface area contributed by atoms with Gasteiger partial charge in [0.15, 0.2) is 0 Å². The van der Waals surface area contributed by atoms with Gasteiger partial charge in [-0.25, -0.2) is 4.79 Å². The van der Waals surface area contributed by atoms with Crippen molar-refractivity contribution in [2.24, 2.45) is 0 Å². The van der Waals surface area contributed by atoms with Crippen molar-refractivity contribution >= 4 is 6.09 Å². The first kappa shape index (κ1) is 21.8. The third-order valence-corrected chi connectivity index (χ3v) is 6.28. The van der Waals surface area contributed by atoms with Crippen LogP contribution >= 0.6 is 0 Å². The molecule has 0 bridgehead atoms. The van der Waals surface area contributed by atoms with E-state index < -0.39 is 23.5 Å². The number of nitrogens with zero attached hydrogens (tertiary/aromatic N) is 1. The Kier molecular flexibility index (Phi) is 6.29. The fourth-order valence-electron chi connectivity index (χ4n) is 4.53. The van der Waals surface area contributed by atoms with Crippen LogP contribution in [0, 0.1) is 0 Å². The molecule has 3 atom stereocenters. The summed E-state index contributed by atoms with van der Waals surface area (Å²) in [7, 11) is 3.12. The van der Waals surface area contributed by atoms with Gasteiger partial charge in [-0.2, -0.15) is 0 Å². The standard InChI is InChI=1S/C24H29NO6/c1-23-20(29-15-18-10-6-4-7-11-18)14-25(21(23)24(27-2,28-3)17-31-23)22(26)30-16-19-12-8-5-9-13-19/h4-13,20-21H,14-17H2,1-3H3/t20-,21+,23-/m1/s1. The zero-order valence-corrected chi connectivity index (χ0v) is 18.2. The molecule has 1 amide bonds. The molecule has 7 heteroatoms. The minimum atomic E-state index is -1.09. The highest BCUT2D eigenvalue weighted by Crippen LogP contribution is 2.47. The van der Waals surface area contributed by atoms with Crippen LogP contribution in [0.4, 0.5) is 4.79 Å². The average Bonchev–Trinajstić information content (AvgIpc) is 3.28. The molecule has 2 fully saturated rings. The maximum atomic E-state index is 13.1. The molecule has 0 spiro atoms. The van der Waals surface area contributed by atoms with Gasteiger partial charge in [-0.3, -0.25) is 4.90 Å². The van der Waals surface area contributed by atoms with E-state index in [2.05, 4.69) is 0 Å². The molecular weight excluding hydrogens is 398 g/mol. The molecule has 166 valence electrons. The van der Waals surface area contributed by atoms with Gasteiger partial charge in [0.2, 0.25) is 5.79 Å². The third kappa shape index (κ3) is 4.06. The van der Waals surface area contributed by atoms with Crippen molar-refractivity contribution in [3.8, 4) is 0 Å². The van der Waals surface area contributed by atoms with Gasteiger partial charge < -0.3 is 23.7 Å². The lowest BCUT2D eigenvalue weighted by Crippen LogP contribution is -2.58. The SMILES string of the molecule is COC1(OC)CO[C@@]2(C)[C@@H]1N(C(=O)OCc1ccccc1)C[C@H]2OCc1ccccc1. The van der Waals surface area contributed by atoms with Crippen LogP contribution in [0.25, 0.3) is 0 Å². The summed E-state index contributed by atoms with van der Waals surface area (Å²) >= 11 is 0. The number of fused-ring (bicyclic) bond motifs is 1. The number of carbonyl (C=O) groups is 1. The Hall–Kier alpha value is -2.45. The second-order valence-corrected chi connectivity index (χ2v) is 8.07. The summed E-state index contributed by atoms with van der Waals surface area (Å²) in [6.07, 6.45) is -0.816. The topological polar surface area (TPSA) is 66.5 Å². The molecule has 0 aromatic heterocycles. The lowest BCUT2D eigenvalue weighted by molar-refractivity contribution is -0.224. The van der Waals surface area contributed by atoms with E-state index in [1.54, 1.807) is 19.1 Å². The van der Waals surface area contributed by atoms with Crippen LogP contribution in [-0.4, -0.2) is 61.9 Å². The summed E-state index contributed by atoms with van der Waals surface area (Å²) in [4.78, 5) is 14.7. The number of rotatable bonds is 7. The van der Waals surface area contributed by atoms with E-state index in [1.165, 1.54) is 0 Å². The first-order valence-electron chi connectivity index (χ1n) is 10.4. The van der Waals surface area contributed by atoms with Crippen molar-refractivity contribution in [1.29, 1.82) is 0 Å². The first-order valence-corrected chi connectivity index (χ1v) is 10.4. The molecule has 0 aliphatic carbocycles. The van der Waals surface area contributed by atoms with E-state index in [-0.39, 0.29) is 19.3 Å². The van der Waals surface area contributed by atoms with Gasteiger partial charge in [0.25, 0.3) is 0 Å². The minimum absolute atomic E-state index is 0.184.